The maximum absolute atomic E-state index is 5.12. The average Bonchev–Trinajstić information content (AvgIpc) is 2.80. The molecule has 1 aromatic carbocycles. The van der Waals surface area contributed by atoms with Crippen molar-refractivity contribution in [1.29, 1.82) is 0 Å². The molecule has 0 N–H and O–H groups in total. The van der Waals surface area contributed by atoms with Crippen molar-refractivity contribution in [2.45, 2.75) is 79.7 Å². The van der Waals surface area contributed by atoms with Crippen molar-refractivity contribution >= 4 is 0 Å². The highest BCUT2D eigenvalue weighted by Gasteiger charge is 2.24. The topological polar surface area (TPSA) is 22.8 Å². The van der Waals surface area contributed by atoms with E-state index in [-0.39, 0.29) is 0 Å². The molecule has 3 heteroatoms. The second kappa shape index (κ2) is 11.4. The van der Waals surface area contributed by atoms with Crippen LogP contribution in [0.2, 0.25) is 0 Å². The highest BCUT2D eigenvalue weighted by atomic mass is 15.4. The van der Waals surface area contributed by atoms with Crippen LogP contribution in [0, 0.1) is 12.8 Å². The Morgan fingerprint density at radius 1 is 1.00 bits per heavy atom. The molecule has 3 rings (SSSR count). The van der Waals surface area contributed by atoms with Crippen LogP contribution in [0.3, 0.4) is 0 Å². The van der Waals surface area contributed by atoms with Crippen molar-refractivity contribution in [2.24, 2.45) is 13.0 Å². The number of hydrogen-bond acceptors (Lipinski definition) is 1. The minimum absolute atomic E-state index is 0.499. The third-order valence-corrected chi connectivity index (χ3v) is 6.69. The van der Waals surface area contributed by atoms with E-state index in [4.69, 9.17) is 4.98 Å². The van der Waals surface area contributed by atoms with Gasteiger partial charge in [-0.2, -0.15) is 0 Å². The van der Waals surface area contributed by atoms with Crippen molar-refractivity contribution in [3.8, 4) is 22.6 Å². The summed E-state index contributed by atoms with van der Waals surface area (Å²) in [6.07, 6.45) is 9.53. The first kappa shape index (κ1) is 24.1. The Balaban J connectivity index is 1.98. The number of aromatic nitrogens is 3. The summed E-state index contributed by atoms with van der Waals surface area (Å²) < 4.78 is 4.73. The van der Waals surface area contributed by atoms with Crippen LogP contribution in [0.4, 0.5) is 0 Å². The fourth-order valence-corrected chi connectivity index (χ4v) is 4.70. The quantitative estimate of drug-likeness (QED) is 0.223. The summed E-state index contributed by atoms with van der Waals surface area (Å²) in [4.78, 5) is 5.12. The van der Waals surface area contributed by atoms with Crippen LogP contribution in [0.15, 0.2) is 54.1 Å². The third-order valence-electron chi connectivity index (χ3n) is 6.69. The van der Waals surface area contributed by atoms with E-state index in [1.54, 1.807) is 0 Å². The van der Waals surface area contributed by atoms with E-state index in [1.807, 2.05) is 0 Å². The fraction of sp³-hybridized carbons (Fsp3) is 0.483. The minimum Gasteiger partial charge on any atom is -0.285 e. The highest BCUT2D eigenvalue weighted by Crippen LogP contribution is 2.36. The Kier molecular flexibility index (Phi) is 8.55. The molecule has 0 fully saturated rings. The summed E-state index contributed by atoms with van der Waals surface area (Å²) in [7, 11) is 2.18. The van der Waals surface area contributed by atoms with Gasteiger partial charge >= 0.3 is 0 Å². The molecule has 2 aromatic heterocycles. The first-order valence-electron chi connectivity index (χ1n) is 12.4. The molecule has 0 aliphatic rings. The van der Waals surface area contributed by atoms with Gasteiger partial charge in [0, 0.05) is 24.8 Å². The Hall–Kier alpha value is -2.55. The van der Waals surface area contributed by atoms with Crippen LogP contribution >= 0.6 is 0 Å². The number of allylic oxidation sites excluding steroid dienone is 2. The smallest absolute Gasteiger partial charge is 0.109 e. The highest BCUT2D eigenvalue weighted by molar-refractivity contribution is 5.79. The lowest BCUT2D eigenvalue weighted by molar-refractivity contribution is 0.410. The van der Waals surface area contributed by atoms with E-state index >= 15 is 0 Å². The zero-order valence-corrected chi connectivity index (χ0v) is 21.0. The average molecular weight is 432 g/mol. The third kappa shape index (κ3) is 5.43. The number of aryl methyl sites for hydroxylation is 2. The number of hydrogen-bond donors (Lipinski definition) is 0. The van der Waals surface area contributed by atoms with Crippen molar-refractivity contribution in [1.82, 2.24) is 14.3 Å². The number of rotatable bonds is 11. The zero-order chi connectivity index (χ0) is 23.1. The molecule has 172 valence electrons. The van der Waals surface area contributed by atoms with Crippen molar-refractivity contribution in [3.05, 3.63) is 65.4 Å². The number of unbranched alkanes of at least 4 members (excludes halogenated alkanes) is 3. The molecule has 1 atom stereocenters. The van der Waals surface area contributed by atoms with E-state index in [1.165, 1.54) is 59.5 Å². The van der Waals surface area contributed by atoms with Gasteiger partial charge in [-0.1, -0.05) is 87.6 Å². The normalized spacial score (nSPS) is 13.0. The molecule has 3 nitrogen and oxygen atoms in total. The molecule has 0 saturated carbocycles. The Morgan fingerprint density at radius 3 is 2.41 bits per heavy atom. The van der Waals surface area contributed by atoms with E-state index in [0.717, 1.165) is 25.1 Å². The first-order valence-corrected chi connectivity index (χ1v) is 12.4. The Morgan fingerprint density at radius 2 is 1.75 bits per heavy atom. The second-order valence-electron chi connectivity index (χ2n) is 9.11. The van der Waals surface area contributed by atoms with Crippen molar-refractivity contribution in [3.63, 3.8) is 0 Å². The first-order chi connectivity index (χ1) is 15.5. The maximum atomic E-state index is 5.12. The summed E-state index contributed by atoms with van der Waals surface area (Å²) in [5.41, 5.74) is 8.89. The van der Waals surface area contributed by atoms with E-state index in [0.29, 0.717) is 5.92 Å². The van der Waals surface area contributed by atoms with E-state index in [9.17, 15) is 0 Å². The van der Waals surface area contributed by atoms with Gasteiger partial charge in [0.2, 0.25) is 0 Å². The van der Waals surface area contributed by atoms with Gasteiger partial charge in [0.15, 0.2) is 0 Å². The molecule has 0 radical (unpaired) electrons. The number of nitrogens with zero attached hydrogens (tertiary/aromatic N) is 3. The van der Waals surface area contributed by atoms with Crippen LogP contribution in [0.1, 0.15) is 71.1 Å². The minimum atomic E-state index is 0.499. The molecule has 0 aliphatic heterocycles. The van der Waals surface area contributed by atoms with Crippen molar-refractivity contribution in [2.75, 3.05) is 0 Å². The molecule has 2 heterocycles. The largest absolute Gasteiger partial charge is 0.285 e. The lowest BCUT2D eigenvalue weighted by Gasteiger charge is -2.32. The van der Waals surface area contributed by atoms with E-state index < -0.39 is 0 Å². The molecule has 0 saturated heterocycles. The molecular formula is C29H41N3. The summed E-state index contributed by atoms with van der Waals surface area (Å²) in [6, 6.07) is 15.4. The van der Waals surface area contributed by atoms with E-state index in [2.05, 4.69) is 99.6 Å². The summed E-state index contributed by atoms with van der Waals surface area (Å²) >= 11 is 0. The van der Waals surface area contributed by atoms with Gasteiger partial charge in [0.05, 0.1) is 11.4 Å². The molecule has 0 amide bonds. The number of benzene rings is 1. The van der Waals surface area contributed by atoms with Gasteiger partial charge in [0.1, 0.15) is 5.69 Å². The predicted molar refractivity (Wildman–Crippen MR) is 138 cm³/mol. The van der Waals surface area contributed by atoms with Gasteiger partial charge in [-0.15, -0.1) is 0 Å². The zero-order valence-electron chi connectivity index (χ0n) is 21.0. The van der Waals surface area contributed by atoms with Gasteiger partial charge in [-0.3, -0.25) is 14.3 Å². The van der Waals surface area contributed by atoms with Gasteiger partial charge in [-0.05, 0) is 51.2 Å². The standard InChI is InChI=1S/C29H41N3/c1-7-10-11-12-14-26-15-13-16-27(30-26)29-28(25-19-17-22(4)18-20-25)31(6)32(29)21-23(5)24(8-2)9-3/h8,13,15-20,23H,7,9-12,14,21H2,1-6H3/b24-8-. The van der Waals surface area contributed by atoms with Gasteiger partial charge in [-0.25, -0.2) is 0 Å². The molecular weight excluding hydrogens is 390 g/mol. The van der Waals surface area contributed by atoms with Crippen LogP contribution < -0.4 is 0 Å². The van der Waals surface area contributed by atoms with Crippen molar-refractivity contribution < 1.29 is 0 Å². The fourth-order valence-electron chi connectivity index (χ4n) is 4.70. The van der Waals surface area contributed by atoms with Crippen LogP contribution in [0.5, 0.6) is 0 Å². The molecule has 0 spiro atoms. The number of pyridine rings is 1. The molecule has 32 heavy (non-hydrogen) atoms. The molecule has 3 aromatic rings. The lowest BCUT2D eigenvalue weighted by Crippen LogP contribution is -2.28. The van der Waals surface area contributed by atoms with Crippen LogP contribution in [-0.4, -0.2) is 14.3 Å². The predicted octanol–water partition coefficient (Wildman–Crippen LogP) is 7.98. The monoisotopic (exact) mass is 431 g/mol. The molecule has 1 unspecified atom stereocenters. The molecule has 0 aliphatic carbocycles. The SMILES string of the molecule is C/C=C(/CC)C(C)Cn1c(-c2cccc(CCCCCC)n2)c(-c2ccc(C)cc2)n1C. The van der Waals surface area contributed by atoms with Gasteiger partial charge < -0.3 is 0 Å². The summed E-state index contributed by atoms with van der Waals surface area (Å²) in [5, 5.41) is 0. The maximum Gasteiger partial charge on any atom is 0.109 e. The Bertz CT molecular complexity index is 1020. The Labute approximate surface area is 195 Å². The summed E-state index contributed by atoms with van der Waals surface area (Å²) in [6.45, 7) is 12.1. The van der Waals surface area contributed by atoms with Crippen LogP contribution in [-0.2, 0) is 20.0 Å². The lowest BCUT2D eigenvalue weighted by atomic mass is 9.97. The molecule has 0 bridgehead atoms. The second-order valence-corrected chi connectivity index (χ2v) is 9.11. The van der Waals surface area contributed by atoms with Crippen LogP contribution in [0.25, 0.3) is 22.6 Å². The summed E-state index contributed by atoms with van der Waals surface area (Å²) in [5.74, 6) is 0.499. The van der Waals surface area contributed by atoms with Gasteiger partial charge in [0.25, 0.3) is 0 Å².